The summed E-state index contributed by atoms with van der Waals surface area (Å²) in [7, 11) is 0. The van der Waals surface area contributed by atoms with E-state index >= 15 is 0 Å². The average Bonchev–Trinajstić information content (AvgIpc) is 3.19. The van der Waals surface area contributed by atoms with E-state index in [0.29, 0.717) is 39.0 Å². The number of benzene rings is 2. The summed E-state index contributed by atoms with van der Waals surface area (Å²) in [6.45, 7) is 6.74. The third-order valence-electron chi connectivity index (χ3n) is 7.09. The Kier molecular flexibility index (Phi) is 6.89. The number of piperidine rings is 1. The SMILES string of the molecule is C[C@@H](Nc1c(F)ccc2nc(N3CC([C@H]4CCCN(CCO)C4)C3)oc12)c1ccc(Cl)cc1Cl. The molecule has 3 aromatic rings. The van der Waals surface area contributed by atoms with Crippen LogP contribution in [0.5, 0.6) is 0 Å². The van der Waals surface area contributed by atoms with Crippen LogP contribution in [0.1, 0.15) is 31.4 Å². The second kappa shape index (κ2) is 9.90. The van der Waals surface area contributed by atoms with Gasteiger partial charge in [0.15, 0.2) is 5.58 Å². The first kappa shape index (κ1) is 23.7. The lowest BCUT2D eigenvalue weighted by Crippen LogP contribution is -2.53. The molecule has 5 rings (SSSR count). The number of rotatable bonds is 7. The largest absolute Gasteiger partial charge is 0.421 e. The zero-order valence-corrected chi connectivity index (χ0v) is 20.6. The Balaban J connectivity index is 1.30. The van der Waals surface area contributed by atoms with E-state index in [1.807, 2.05) is 13.0 Å². The number of aromatic nitrogens is 1. The van der Waals surface area contributed by atoms with E-state index in [2.05, 4.69) is 20.1 Å². The predicted molar refractivity (Wildman–Crippen MR) is 134 cm³/mol. The molecule has 0 bridgehead atoms. The van der Waals surface area contributed by atoms with Gasteiger partial charge in [0, 0.05) is 36.2 Å². The van der Waals surface area contributed by atoms with E-state index in [1.165, 1.54) is 18.9 Å². The molecule has 2 aromatic carbocycles. The summed E-state index contributed by atoms with van der Waals surface area (Å²) in [5.74, 6) is 0.804. The standard InChI is InChI=1S/C25H29Cl2FN4O2/c1-15(19-5-4-18(26)11-20(19)27)29-23-21(28)6-7-22-24(23)34-25(30-22)32-13-17(14-32)16-3-2-8-31(12-16)9-10-33/h4-7,11,15-17,29,33H,2-3,8-10,12-14H2,1H3/t15-,16+/m1/s1. The van der Waals surface area contributed by atoms with Crippen molar-refractivity contribution in [1.82, 2.24) is 9.88 Å². The highest BCUT2D eigenvalue weighted by atomic mass is 35.5. The van der Waals surface area contributed by atoms with Crippen LogP contribution < -0.4 is 10.2 Å². The number of β-amino-alcohol motifs (C(OH)–C–C–N with tert-alkyl or cyclic N) is 1. The summed E-state index contributed by atoms with van der Waals surface area (Å²) in [4.78, 5) is 9.11. The van der Waals surface area contributed by atoms with Gasteiger partial charge >= 0.3 is 0 Å². The molecule has 0 unspecified atom stereocenters. The number of likely N-dealkylation sites (tertiary alicyclic amines) is 1. The van der Waals surface area contributed by atoms with Gasteiger partial charge in [0.2, 0.25) is 0 Å². The fourth-order valence-corrected chi connectivity index (χ4v) is 5.73. The topological polar surface area (TPSA) is 64.8 Å². The fourth-order valence-electron chi connectivity index (χ4n) is 5.16. The van der Waals surface area contributed by atoms with Crippen LogP contribution in [0.25, 0.3) is 11.1 Å². The van der Waals surface area contributed by atoms with Crippen molar-refractivity contribution >= 4 is 46.0 Å². The van der Waals surface area contributed by atoms with E-state index in [0.717, 1.165) is 38.3 Å². The van der Waals surface area contributed by atoms with Gasteiger partial charge < -0.3 is 24.6 Å². The van der Waals surface area contributed by atoms with Gasteiger partial charge in [0.05, 0.1) is 12.6 Å². The molecule has 0 saturated carbocycles. The van der Waals surface area contributed by atoms with Crippen LogP contribution in [-0.2, 0) is 0 Å². The molecule has 2 fully saturated rings. The maximum atomic E-state index is 14.8. The van der Waals surface area contributed by atoms with Crippen LogP contribution in [0.15, 0.2) is 34.7 Å². The summed E-state index contributed by atoms with van der Waals surface area (Å²) in [6.07, 6.45) is 2.40. The summed E-state index contributed by atoms with van der Waals surface area (Å²) < 4.78 is 20.9. The summed E-state index contributed by atoms with van der Waals surface area (Å²) in [6, 6.07) is 8.59. The summed E-state index contributed by atoms with van der Waals surface area (Å²) >= 11 is 12.4. The molecule has 182 valence electrons. The molecule has 2 atom stereocenters. The maximum Gasteiger partial charge on any atom is 0.298 e. The van der Waals surface area contributed by atoms with Crippen molar-refractivity contribution in [2.45, 2.75) is 25.8 Å². The summed E-state index contributed by atoms with van der Waals surface area (Å²) in [5, 5.41) is 13.5. The predicted octanol–water partition coefficient (Wildman–Crippen LogP) is 5.59. The number of oxazole rings is 1. The summed E-state index contributed by atoms with van der Waals surface area (Å²) in [5.41, 5.74) is 2.11. The number of halogens is 3. The van der Waals surface area contributed by atoms with Gasteiger partial charge in [-0.25, -0.2) is 4.39 Å². The minimum atomic E-state index is -0.403. The highest BCUT2D eigenvalue weighted by Gasteiger charge is 2.37. The smallest absolute Gasteiger partial charge is 0.298 e. The van der Waals surface area contributed by atoms with E-state index in [9.17, 15) is 9.50 Å². The molecule has 0 amide bonds. The third-order valence-corrected chi connectivity index (χ3v) is 7.65. The van der Waals surface area contributed by atoms with Gasteiger partial charge in [-0.1, -0.05) is 29.3 Å². The Hall–Kier alpha value is -2.06. The Labute approximate surface area is 208 Å². The first-order valence-corrected chi connectivity index (χ1v) is 12.6. The number of nitrogens with one attached hydrogen (secondary N) is 1. The van der Waals surface area contributed by atoms with Crippen molar-refractivity contribution in [3.8, 4) is 0 Å². The molecule has 0 spiro atoms. The van der Waals surface area contributed by atoms with Crippen molar-refractivity contribution in [3.63, 3.8) is 0 Å². The Morgan fingerprint density at radius 3 is 2.79 bits per heavy atom. The third kappa shape index (κ3) is 4.71. The van der Waals surface area contributed by atoms with Crippen LogP contribution in [0.4, 0.5) is 16.1 Å². The van der Waals surface area contributed by atoms with E-state index in [4.69, 9.17) is 27.6 Å². The first-order valence-electron chi connectivity index (χ1n) is 11.8. The molecular formula is C25H29Cl2FN4O2. The highest BCUT2D eigenvalue weighted by molar-refractivity contribution is 6.35. The van der Waals surface area contributed by atoms with Crippen LogP contribution in [0.2, 0.25) is 10.0 Å². The zero-order valence-electron chi connectivity index (χ0n) is 19.1. The minimum Gasteiger partial charge on any atom is -0.421 e. The molecule has 9 heteroatoms. The van der Waals surface area contributed by atoms with Gasteiger partial charge in [-0.2, -0.15) is 4.98 Å². The molecule has 2 aliphatic heterocycles. The molecule has 0 radical (unpaired) electrons. The van der Waals surface area contributed by atoms with Crippen molar-refractivity contribution in [2.24, 2.45) is 11.8 Å². The lowest BCUT2D eigenvalue weighted by Gasteiger charge is -2.45. The minimum absolute atomic E-state index is 0.211. The quantitative estimate of drug-likeness (QED) is 0.435. The number of aliphatic hydroxyl groups is 1. The van der Waals surface area contributed by atoms with Crippen LogP contribution in [0, 0.1) is 17.7 Å². The van der Waals surface area contributed by atoms with Gasteiger partial charge in [-0.15, -0.1) is 0 Å². The number of aliphatic hydroxyl groups excluding tert-OH is 1. The van der Waals surface area contributed by atoms with Crippen molar-refractivity contribution in [3.05, 3.63) is 51.8 Å². The van der Waals surface area contributed by atoms with E-state index in [1.54, 1.807) is 18.2 Å². The van der Waals surface area contributed by atoms with Gasteiger partial charge in [0.25, 0.3) is 6.01 Å². The Bertz CT molecular complexity index is 1170. The molecule has 2 aliphatic rings. The molecule has 2 saturated heterocycles. The molecule has 34 heavy (non-hydrogen) atoms. The Morgan fingerprint density at radius 1 is 1.21 bits per heavy atom. The molecule has 3 heterocycles. The van der Waals surface area contributed by atoms with Crippen LogP contribution >= 0.6 is 23.2 Å². The molecule has 0 aliphatic carbocycles. The monoisotopic (exact) mass is 506 g/mol. The second-order valence-electron chi connectivity index (χ2n) is 9.39. The lowest BCUT2D eigenvalue weighted by atomic mass is 9.81. The number of fused-ring (bicyclic) bond motifs is 1. The molecule has 2 N–H and O–H groups in total. The Morgan fingerprint density at radius 2 is 2.03 bits per heavy atom. The normalized spacial score (nSPS) is 20.5. The van der Waals surface area contributed by atoms with Crippen molar-refractivity contribution < 1.29 is 13.9 Å². The highest BCUT2D eigenvalue weighted by Crippen LogP contribution is 2.38. The second-order valence-corrected chi connectivity index (χ2v) is 10.2. The average molecular weight is 507 g/mol. The zero-order chi connectivity index (χ0) is 23.8. The number of hydrogen-bond acceptors (Lipinski definition) is 6. The van der Waals surface area contributed by atoms with Crippen LogP contribution in [-0.4, -0.2) is 54.3 Å². The van der Waals surface area contributed by atoms with Crippen molar-refractivity contribution in [1.29, 1.82) is 0 Å². The first-order chi connectivity index (χ1) is 16.4. The fraction of sp³-hybridized carbons (Fsp3) is 0.480. The van der Waals surface area contributed by atoms with Crippen LogP contribution in [0.3, 0.4) is 0 Å². The van der Waals surface area contributed by atoms with Crippen molar-refractivity contribution in [2.75, 3.05) is 49.5 Å². The number of hydrogen-bond donors (Lipinski definition) is 2. The number of nitrogens with zero attached hydrogens (tertiary/aromatic N) is 3. The van der Waals surface area contributed by atoms with Gasteiger partial charge in [-0.3, -0.25) is 0 Å². The number of anilines is 2. The van der Waals surface area contributed by atoms with E-state index < -0.39 is 5.82 Å². The molecule has 6 nitrogen and oxygen atoms in total. The van der Waals surface area contributed by atoms with E-state index in [-0.39, 0.29) is 18.3 Å². The lowest BCUT2D eigenvalue weighted by molar-refractivity contribution is 0.100. The maximum absolute atomic E-state index is 14.8. The van der Waals surface area contributed by atoms with Gasteiger partial charge in [0.1, 0.15) is 17.0 Å². The molecule has 1 aromatic heterocycles. The van der Waals surface area contributed by atoms with Gasteiger partial charge in [-0.05, 0) is 68.0 Å². The molecular weight excluding hydrogens is 478 g/mol.